The Hall–Kier alpha value is -1.29. The van der Waals surface area contributed by atoms with Gasteiger partial charge >= 0.3 is 6.03 Å². The number of anilines is 1. The van der Waals surface area contributed by atoms with Crippen molar-refractivity contribution in [1.29, 1.82) is 0 Å². The van der Waals surface area contributed by atoms with Crippen molar-refractivity contribution in [2.24, 2.45) is 0 Å². The molecular weight excluding hydrogens is 219 g/mol. The second kappa shape index (κ2) is 4.98. The minimum absolute atomic E-state index is 0.0387. The van der Waals surface area contributed by atoms with Crippen LogP contribution in [0.15, 0.2) is 18.2 Å². The minimum Gasteiger partial charge on any atom is -0.328 e. The van der Waals surface area contributed by atoms with Crippen molar-refractivity contribution in [3.63, 3.8) is 0 Å². The van der Waals surface area contributed by atoms with Crippen molar-refractivity contribution in [3.8, 4) is 0 Å². The van der Waals surface area contributed by atoms with Crippen LogP contribution in [-0.2, 0) is 0 Å². The number of rotatable bonds is 2. The summed E-state index contributed by atoms with van der Waals surface area (Å²) in [5.41, 5.74) is 0.391. The number of hydrogen-bond acceptors (Lipinski definition) is 1. The molecule has 0 aliphatic carbocycles. The molecule has 0 spiro atoms. The number of carbonyl (C=O) groups excluding carboxylic acids is 1. The van der Waals surface area contributed by atoms with Crippen molar-refractivity contribution < 1.29 is 9.18 Å². The Kier molecular flexibility index (Phi) is 3.91. The molecule has 15 heavy (non-hydrogen) atoms. The number of nitrogens with zero attached hydrogens (tertiary/aromatic N) is 1. The van der Waals surface area contributed by atoms with Gasteiger partial charge in [0.2, 0.25) is 0 Å². The standard InChI is InChI=1S/C10H12ClFN2O/c1-3-14(2)10(15)13-7-4-5-8(11)9(12)6-7/h4-6H,3H2,1-2H3,(H,13,15). The third-order valence-corrected chi connectivity index (χ3v) is 2.30. The van der Waals surface area contributed by atoms with Gasteiger partial charge in [0.15, 0.2) is 0 Å². The van der Waals surface area contributed by atoms with Gasteiger partial charge in [-0.1, -0.05) is 11.6 Å². The average molecular weight is 231 g/mol. The summed E-state index contributed by atoms with van der Waals surface area (Å²) in [6.45, 7) is 2.43. The lowest BCUT2D eigenvalue weighted by molar-refractivity contribution is 0.224. The highest BCUT2D eigenvalue weighted by Crippen LogP contribution is 2.18. The van der Waals surface area contributed by atoms with E-state index in [1.165, 1.54) is 17.0 Å². The van der Waals surface area contributed by atoms with E-state index in [-0.39, 0.29) is 11.1 Å². The van der Waals surface area contributed by atoms with Crippen molar-refractivity contribution in [2.75, 3.05) is 18.9 Å². The lowest BCUT2D eigenvalue weighted by atomic mass is 10.3. The Morgan fingerprint density at radius 1 is 1.60 bits per heavy atom. The Balaban J connectivity index is 2.73. The number of amides is 2. The zero-order chi connectivity index (χ0) is 11.4. The van der Waals surface area contributed by atoms with E-state index < -0.39 is 5.82 Å². The lowest BCUT2D eigenvalue weighted by Crippen LogP contribution is -2.30. The monoisotopic (exact) mass is 230 g/mol. The Labute approximate surface area is 92.8 Å². The van der Waals surface area contributed by atoms with E-state index in [9.17, 15) is 9.18 Å². The molecule has 0 fully saturated rings. The van der Waals surface area contributed by atoms with Crippen molar-refractivity contribution in [2.45, 2.75) is 6.92 Å². The van der Waals surface area contributed by atoms with Crippen LogP contribution in [0.4, 0.5) is 14.9 Å². The summed E-state index contributed by atoms with van der Waals surface area (Å²) in [7, 11) is 1.65. The van der Waals surface area contributed by atoms with Crippen molar-refractivity contribution in [3.05, 3.63) is 29.0 Å². The van der Waals surface area contributed by atoms with Gasteiger partial charge in [-0.05, 0) is 25.1 Å². The van der Waals surface area contributed by atoms with Gasteiger partial charge < -0.3 is 10.2 Å². The van der Waals surface area contributed by atoms with Gasteiger partial charge in [-0.25, -0.2) is 9.18 Å². The van der Waals surface area contributed by atoms with Crippen LogP contribution in [0.5, 0.6) is 0 Å². The van der Waals surface area contributed by atoms with Crippen molar-refractivity contribution in [1.82, 2.24) is 4.90 Å². The van der Waals surface area contributed by atoms with Gasteiger partial charge in [-0.3, -0.25) is 0 Å². The van der Waals surface area contributed by atoms with Gasteiger partial charge in [-0.15, -0.1) is 0 Å². The summed E-state index contributed by atoms with van der Waals surface area (Å²) >= 11 is 5.51. The van der Waals surface area contributed by atoms with Gasteiger partial charge in [0.1, 0.15) is 5.82 Å². The molecule has 0 saturated carbocycles. The van der Waals surface area contributed by atoms with E-state index in [0.717, 1.165) is 0 Å². The molecule has 3 nitrogen and oxygen atoms in total. The first kappa shape index (κ1) is 11.8. The van der Waals surface area contributed by atoms with Gasteiger partial charge in [0.05, 0.1) is 5.02 Å². The molecule has 0 aliphatic heterocycles. The molecule has 0 heterocycles. The highest BCUT2D eigenvalue weighted by molar-refractivity contribution is 6.30. The largest absolute Gasteiger partial charge is 0.328 e. The molecule has 0 aliphatic rings. The summed E-state index contributed by atoms with van der Waals surface area (Å²) in [6.07, 6.45) is 0. The van der Waals surface area contributed by atoms with Gasteiger partial charge in [-0.2, -0.15) is 0 Å². The zero-order valence-electron chi connectivity index (χ0n) is 8.55. The van der Waals surface area contributed by atoms with E-state index in [0.29, 0.717) is 12.2 Å². The third kappa shape index (κ3) is 3.09. The number of hydrogen-bond donors (Lipinski definition) is 1. The quantitative estimate of drug-likeness (QED) is 0.833. The number of benzene rings is 1. The van der Waals surface area contributed by atoms with Crippen LogP contribution in [0.3, 0.4) is 0 Å². The molecule has 0 radical (unpaired) electrons. The topological polar surface area (TPSA) is 32.3 Å². The predicted octanol–water partition coefficient (Wildman–Crippen LogP) is 2.96. The first-order valence-corrected chi connectivity index (χ1v) is 4.89. The second-order valence-electron chi connectivity index (χ2n) is 3.07. The molecule has 1 aromatic rings. The lowest BCUT2D eigenvalue weighted by Gasteiger charge is -2.15. The molecule has 5 heteroatoms. The summed E-state index contributed by atoms with van der Waals surface area (Å²) in [5.74, 6) is -0.548. The SMILES string of the molecule is CCN(C)C(=O)Nc1ccc(Cl)c(F)c1. The van der Waals surface area contributed by atoms with Crippen LogP contribution in [-0.4, -0.2) is 24.5 Å². The van der Waals surface area contributed by atoms with Crippen LogP contribution < -0.4 is 5.32 Å². The van der Waals surface area contributed by atoms with E-state index >= 15 is 0 Å². The van der Waals surface area contributed by atoms with Gasteiger partial charge in [0.25, 0.3) is 0 Å². The van der Waals surface area contributed by atoms with Crippen LogP contribution in [0, 0.1) is 5.82 Å². The Morgan fingerprint density at radius 3 is 2.80 bits per heavy atom. The number of urea groups is 1. The molecule has 1 N–H and O–H groups in total. The highest BCUT2D eigenvalue weighted by atomic mass is 35.5. The van der Waals surface area contributed by atoms with E-state index in [1.54, 1.807) is 13.1 Å². The number of carbonyl (C=O) groups is 1. The van der Waals surface area contributed by atoms with E-state index in [1.807, 2.05) is 6.92 Å². The number of halogens is 2. The molecule has 0 atom stereocenters. The maximum atomic E-state index is 13.0. The van der Waals surface area contributed by atoms with Crippen molar-refractivity contribution >= 4 is 23.3 Å². The highest BCUT2D eigenvalue weighted by Gasteiger charge is 2.07. The molecule has 1 aromatic carbocycles. The molecule has 0 saturated heterocycles. The van der Waals surface area contributed by atoms with Crippen LogP contribution in [0.2, 0.25) is 5.02 Å². The van der Waals surface area contributed by atoms with Gasteiger partial charge in [0, 0.05) is 19.3 Å². The van der Waals surface area contributed by atoms with E-state index in [2.05, 4.69) is 5.32 Å². The molecule has 0 bridgehead atoms. The maximum absolute atomic E-state index is 13.0. The molecule has 0 unspecified atom stereocenters. The summed E-state index contributed by atoms with van der Waals surface area (Å²) in [6, 6.07) is 3.86. The summed E-state index contributed by atoms with van der Waals surface area (Å²) < 4.78 is 13.0. The van der Waals surface area contributed by atoms with Crippen LogP contribution in [0.1, 0.15) is 6.92 Å². The fourth-order valence-electron chi connectivity index (χ4n) is 0.936. The summed E-state index contributed by atoms with van der Waals surface area (Å²) in [5, 5.41) is 2.59. The Morgan fingerprint density at radius 2 is 2.27 bits per heavy atom. The minimum atomic E-state index is -0.548. The molecule has 82 valence electrons. The molecule has 1 rings (SSSR count). The first-order chi connectivity index (χ1) is 7.04. The maximum Gasteiger partial charge on any atom is 0.321 e. The zero-order valence-corrected chi connectivity index (χ0v) is 9.31. The fourth-order valence-corrected chi connectivity index (χ4v) is 1.05. The van der Waals surface area contributed by atoms with Crippen LogP contribution >= 0.6 is 11.6 Å². The summed E-state index contributed by atoms with van der Waals surface area (Å²) in [4.78, 5) is 12.9. The van der Waals surface area contributed by atoms with E-state index in [4.69, 9.17) is 11.6 Å². The number of nitrogens with one attached hydrogen (secondary N) is 1. The fraction of sp³-hybridized carbons (Fsp3) is 0.300. The second-order valence-corrected chi connectivity index (χ2v) is 3.48. The smallest absolute Gasteiger partial charge is 0.321 e. The van der Waals surface area contributed by atoms with Crippen LogP contribution in [0.25, 0.3) is 0 Å². The molecule has 2 amide bonds. The normalized spacial score (nSPS) is 9.87. The first-order valence-electron chi connectivity index (χ1n) is 4.51. The third-order valence-electron chi connectivity index (χ3n) is 1.99. The molecule has 0 aromatic heterocycles. The predicted molar refractivity (Wildman–Crippen MR) is 58.7 cm³/mol. The molecular formula is C10H12ClFN2O. The average Bonchev–Trinajstić information content (AvgIpc) is 2.22. The Bertz CT molecular complexity index is 370.